The van der Waals surface area contributed by atoms with E-state index in [-0.39, 0.29) is 21.8 Å². The van der Waals surface area contributed by atoms with Gasteiger partial charge in [0.1, 0.15) is 10.6 Å². The number of ether oxygens (including phenoxy) is 1. The quantitative estimate of drug-likeness (QED) is 0.574. The van der Waals surface area contributed by atoms with Crippen LogP contribution < -0.4 is 0 Å². The van der Waals surface area contributed by atoms with E-state index in [0.717, 1.165) is 18.4 Å². The summed E-state index contributed by atoms with van der Waals surface area (Å²) in [7, 11) is -3.61. The standard InChI is InChI=1S/C21H26N2O5S/c1-21(2,3)16-8-6-15(7-9-16)19(24)14-28-20(25)18-12-17(13-22-18)29(26,27)23-10-4-5-11-23/h6-9,12-13,22H,4-5,10-11,14H2,1-3H3. The van der Waals surface area contributed by atoms with Crippen LogP contribution in [0.25, 0.3) is 0 Å². The van der Waals surface area contributed by atoms with E-state index in [1.807, 2.05) is 12.1 Å². The number of benzene rings is 1. The Bertz CT molecular complexity index is 994. The number of sulfonamides is 1. The Hall–Kier alpha value is -2.45. The predicted molar refractivity (Wildman–Crippen MR) is 109 cm³/mol. The van der Waals surface area contributed by atoms with E-state index >= 15 is 0 Å². The molecule has 1 fully saturated rings. The molecular weight excluding hydrogens is 392 g/mol. The van der Waals surface area contributed by atoms with Gasteiger partial charge >= 0.3 is 5.97 Å². The van der Waals surface area contributed by atoms with Crippen LogP contribution in [-0.2, 0) is 20.2 Å². The summed E-state index contributed by atoms with van der Waals surface area (Å²) in [5.74, 6) is -1.09. The van der Waals surface area contributed by atoms with E-state index in [0.29, 0.717) is 18.7 Å². The van der Waals surface area contributed by atoms with Gasteiger partial charge in [-0.2, -0.15) is 4.31 Å². The van der Waals surface area contributed by atoms with Crippen molar-refractivity contribution in [1.82, 2.24) is 9.29 Å². The van der Waals surface area contributed by atoms with Gasteiger partial charge in [-0.25, -0.2) is 13.2 Å². The molecule has 3 rings (SSSR count). The van der Waals surface area contributed by atoms with Crippen molar-refractivity contribution in [1.29, 1.82) is 0 Å². The third-order valence-electron chi connectivity index (χ3n) is 4.99. The lowest BCUT2D eigenvalue weighted by atomic mass is 9.86. The fourth-order valence-corrected chi connectivity index (χ4v) is 4.68. The van der Waals surface area contributed by atoms with Gasteiger partial charge in [0.15, 0.2) is 12.4 Å². The second-order valence-corrected chi connectivity index (χ2v) is 10.1. The summed E-state index contributed by atoms with van der Waals surface area (Å²) in [5.41, 5.74) is 1.53. The molecule has 0 bridgehead atoms. The van der Waals surface area contributed by atoms with E-state index in [1.54, 1.807) is 12.1 Å². The average molecular weight is 419 g/mol. The van der Waals surface area contributed by atoms with Crippen molar-refractivity contribution < 1.29 is 22.7 Å². The number of nitrogens with zero attached hydrogens (tertiary/aromatic N) is 1. The van der Waals surface area contributed by atoms with Crippen LogP contribution in [0.4, 0.5) is 0 Å². The summed E-state index contributed by atoms with van der Waals surface area (Å²) in [6, 6.07) is 8.45. The fourth-order valence-electron chi connectivity index (χ4n) is 3.17. The number of carbonyl (C=O) groups is 2. The second-order valence-electron chi connectivity index (χ2n) is 8.19. The zero-order chi connectivity index (χ0) is 21.2. The van der Waals surface area contributed by atoms with E-state index in [1.165, 1.54) is 16.6 Å². The molecule has 156 valence electrons. The van der Waals surface area contributed by atoms with Crippen molar-refractivity contribution in [3.05, 3.63) is 53.3 Å². The highest BCUT2D eigenvalue weighted by Crippen LogP contribution is 2.23. The van der Waals surface area contributed by atoms with Crippen molar-refractivity contribution in [3.63, 3.8) is 0 Å². The van der Waals surface area contributed by atoms with E-state index in [9.17, 15) is 18.0 Å². The minimum absolute atomic E-state index is 0.00125. The van der Waals surface area contributed by atoms with Crippen LogP contribution in [0.1, 0.15) is 60.0 Å². The summed E-state index contributed by atoms with van der Waals surface area (Å²) in [6.07, 6.45) is 2.94. The molecule has 1 aromatic carbocycles. The van der Waals surface area contributed by atoms with Gasteiger partial charge in [-0.3, -0.25) is 4.79 Å². The molecule has 7 nitrogen and oxygen atoms in total. The maximum Gasteiger partial charge on any atom is 0.355 e. The summed E-state index contributed by atoms with van der Waals surface area (Å²) in [4.78, 5) is 27.2. The lowest BCUT2D eigenvalue weighted by molar-refractivity contribution is 0.0469. The van der Waals surface area contributed by atoms with Gasteiger partial charge < -0.3 is 9.72 Å². The van der Waals surface area contributed by atoms with Crippen LogP contribution in [-0.4, -0.2) is 49.2 Å². The molecule has 1 saturated heterocycles. The van der Waals surface area contributed by atoms with E-state index in [2.05, 4.69) is 25.8 Å². The highest BCUT2D eigenvalue weighted by molar-refractivity contribution is 7.89. The van der Waals surface area contributed by atoms with Gasteiger partial charge in [-0.05, 0) is 29.9 Å². The Labute approximate surface area is 171 Å². The minimum Gasteiger partial charge on any atom is -0.453 e. The molecule has 0 saturated carbocycles. The number of hydrogen-bond acceptors (Lipinski definition) is 5. The molecule has 2 aromatic rings. The van der Waals surface area contributed by atoms with E-state index in [4.69, 9.17) is 4.74 Å². The molecular formula is C21H26N2O5S. The highest BCUT2D eigenvalue weighted by Gasteiger charge is 2.29. The monoisotopic (exact) mass is 418 g/mol. The number of nitrogens with one attached hydrogen (secondary N) is 1. The largest absolute Gasteiger partial charge is 0.453 e. The molecule has 1 aliphatic heterocycles. The molecule has 0 atom stereocenters. The maximum absolute atomic E-state index is 12.5. The molecule has 8 heteroatoms. The third kappa shape index (κ3) is 4.76. The normalized spacial score (nSPS) is 15.4. The van der Waals surface area contributed by atoms with Crippen molar-refractivity contribution in [2.75, 3.05) is 19.7 Å². The van der Waals surface area contributed by atoms with Crippen LogP contribution >= 0.6 is 0 Å². The SMILES string of the molecule is CC(C)(C)c1ccc(C(=O)COC(=O)c2cc(S(=O)(=O)N3CCCC3)c[nH]2)cc1. The molecule has 1 N–H and O–H groups in total. The first-order chi connectivity index (χ1) is 13.6. The molecule has 0 radical (unpaired) electrons. The van der Waals surface area contributed by atoms with Gasteiger partial charge in [0.2, 0.25) is 10.0 Å². The first-order valence-electron chi connectivity index (χ1n) is 9.58. The number of carbonyl (C=O) groups excluding carboxylic acids is 2. The van der Waals surface area contributed by atoms with Crippen LogP contribution in [0.5, 0.6) is 0 Å². The first kappa shape index (κ1) is 21.3. The van der Waals surface area contributed by atoms with Crippen molar-refractivity contribution in [2.24, 2.45) is 0 Å². The predicted octanol–water partition coefficient (Wildman–Crippen LogP) is 3.14. The first-order valence-corrected chi connectivity index (χ1v) is 11.0. The summed E-state index contributed by atoms with van der Waals surface area (Å²) in [5, 5.41) is 0. The molecule has 1 aromatic heterocycles. The van der Waals surface area contributed by atoms with Gasteiger partial charge in [-0.15, -0.1) is 0 Å². The number of rotatable bonds is 6. The number of Topliss-reactive ketones (excluding diaryl/α,β-unsaturated/α-hetero) is 1. The molecule has 1 aliphatic rings. The lowest BCUT2D eigenvalue weighted by Crippen LogP contribution is -2.27. The Kier molecular flexibility index (Phi) is 5.95. The highest BCUT2D eigenvalue weighted by atomic mass is 32.2. The molecule has 2 heterocycles. The molecule has 0 unspecified atom stereocenters. The average Bonchev–Trinajstić information content (AvgIpc) is 3.37. The van der Waals surface area contributed by atoms with Crippen LogP contribution in [0, 0.1) is 0 Å². The summed E-state index contributed by atoms with van der Waals surface area (Å²) in [6.45, 7) is 6.80. The molecule has 0 spiro atoms. The molecule has 0 aliphatic carbocycles. The second kappa shape index (κ2) is 8.12. The number of ketones is 1. The topological polar surface area (TPSA) is 96.5 Å². The van der Waals surface area contributed by atoms with Crippen molar-refractivity contribution in [3.8, 4) is 0 Å². The number of aromatic amines is 1. The van der Waals surface area contributed by atoms with Gasteiger partial charge in [0.05, 0.1) is 0 Å². The van der Waals surface area contributed by atoms with Crippen molar-refractivity contribution >= 4 is 21.8 Å². The Morgan fingerprint density at radius 2 is 1.72 bits per heavy atom. The number of H-pyrrole nitrogens is 1. The minimum atomic E-state index is -3.61. The number of hydrogen-bond donors (Lipinski definition) is 1. The third-order valence-corrected chi connectivity index (χ3v) is 6.86. The lowest BCUT2D eigenvalue weighted by Gasteiger charge is -2.18. The molecule has 29 heavy (non-hydrogen) atoms. The Balaban J connectivity index is 1.61. The van der Waals surface area contributed by atoms with Gasteiger partial charge in [0, 0.05) is 24.8 Å². The maximum atomic E-state index is 12.5. The van der Waals surface area contributed by atoms with Crippen LogP contribution in [0.15, 0.2) is 41.4 Å². The number of esters is 1. The fraction of sp³-hybridized carbons (Fsp3) is 0.429. The Morgan fingerprint density at radius 1 is 1.10 bits per heavy atom. The zero-order valence-corrected chi connectivity index (χ0v) is 17.7. The zero-order valence-electron chi connectivity index (χ0n) is 16.9. The van der Waals surface area contributed by atoms with Crippen molar-refractivity contribution in [2.45, 2.75) is 43.9 Å². The number of aromatic nitrogens is 1. The summed E-state index contributed by atoms with van der Waals surface area (Å²) >= 11 is 0. The van der Waals surface area contributed by atoms with Crippen LogP contribution in [0.2, 0.25) is 0 Å². The smallest absolute Gasteiger partial charge is 0.355 e. The Morgan fingerprint density at radius 3 is 2.31 bits per heavy atom. The van der Waals surface area contributed by atoms with Gasteiger partial charge in [0.25, 0.3) is 0 Å². The van der Waals surface area contributed by atoms with Crippen LogP contribution in [0.3, 0.4) is 0 Å². The molecule has 0 amide bonds. The van der Waals surface area contributed by atoms with Gasteiger partial charge in [-0.1, -0.05) is 45.0 Å². The van der Waals surface area contributed by atoms with E-state index < -0.39 is 22.6 Å². The summed E-state index contributed by atoms with van der Waals surface area (Å²) < 4.78 is 31.5.